The lowest BCUT2D eigenvalue weighted by Crippen LogP contribution is -2.49. The average molecular weight is 317 g/mol. The predicted molar refractivity (Wildman–Crippen MR) is 87.8 cm³/mol. The molecule has 0 amide bonds. The minimum Gasteiger partial charge on any atom is -0.311 e. The van der Waals surface area contributed by atoms with Gasteiger partial charge in [-0.05, 0) is 44.4 Å². The molecule has 1 heterocycles. The molecule has 2 fully saturated rings. The summed E-state index contributed by atoms with van der Waals surface area (Å²) in [6, 6.07) is 1.07. The van der Waals surface area contributed by atoms with Crippen LogP contribution in [0.4, 0.5) is 0 Å². The summed E-state index contributed by atoms with van der Waals surface area (Å²) in [7, 11) is -3.04. The van der Waals surface area contributed by atoms with Crippen LogP contribution in [0, 0.1) is 11.8 Å². The van der Waals surface area contributed by atoms with Crippen LogP contribution >= 0.6 is 0 Å². The van der Waals surface area contributed by atoms with E-state index in [-0.39, 0.29) is 11.7 Å². The SMILES string of the molecule is CC(C)CS(=O)(=O)N1CCC(N[C@H](C)C2CCCC2)CC1. The summed E-state index contributed by atoms with van der Waals surface area (Å²) in [5.41, 5.74) is 0. The van der Waals surface area contributed by atoms with Gasteiger partial charge in [-0.3, -0.25) is 0 Å². The molecular formula is C16H32N2O2S. The molecule has 0 bridgehead atoms. The van der Waals surface area contributed by atoms with Crippen LogP contribution in [0.5, 0.6) is 0 Å². The Morgan fingerprint density at radius 2 is 1.62 bits per heavy atom. The molecule has 1 saturated carbocycles. The minimum absolute atomic E-state index is 0.202. The van der Waals surface area contributed by atoms with Crippen LogP contribution in [0.15, 0.2) is 0 Å². The highest BCUT2D eigenvalue weighted by Gasteiger charge is 2.30. The molecule has 4 nitrogen and oxygen atoms in total. The first-order valence-electron chi connectivity index (χ1n) is 8.62. The second kappa shape index (κ2) is 7.42. The number of sulfonamides is 1. The van der Waals surface area contributed by atoms with Crippen molar-refractivity contribution < 1.29 is 8.42 Å². The van der Waals surface area contributed by atoms with Gasteiger partial charge in [0, 0.05) is 25.2 Å². The Kier molecular flexibility index (Phi) is 6.09. The summed E-state index contributed by atoms with van der Waals surface area (Å²) >= 11 is 0. The van der Waals surface area contributed by atoms with E-state index < -0.39 is 10.0 Å². The summed E-state index contributed by atoms with van der Waals surface area (Å²) < 4.78 is 26.2. The molecule has 21 heavy (non-hydrogen) atoms. The van der Waals surface area contributed by atoms with Gasteiger partial charge in [-0.25, -0.2) is 12.7 Å². The van der Waals surface area contributed by atoms with Crippen molar-refractivity contribution in [2.24, 2.45) is 11.8 Å². The topological polar surface area (TPSA) is 49.4 Å². The quantitative estimate of drug-likeness (QED) is 0.819. The van der Waals surface area contributed by atoms with E-state index in [2.05, 4.69) is 12.2 Å². The van der Waals surface area contributed by atoms with Gasteiger partial charge in [-0.15, -0.1) is 0 Å². The molecule has 0 aromatic rings. The maximum Gasteiger partial charge on any atom is 0.214 e. The highest BCUT2D eigenvalue weighted by Crippen LogP contribution is 2.28. The molecule has 0 radical (unpaired) electrons. The molecule has 0 spiro atoms. The van der Waals surface area contributed by atoms with Crippen molar-refractivity contribution in [1.29, 1.82) is 0 Å². The van der Waals surface area contributed by atoms with Crippen LogP contribution in [-0.2, 0) is 10.0 Å². The molecule has 1 saturated heterocycles. The Bertz CT molecular complexity index is 408. The number of piperidine rings is 1. The number of rotatable bonds is 6. The normalized spacial score (nSPS) is 24.8. The monoisotopic (exact) mass is 316 g/mol. The highest BCUT2D eigenvalue weighted by molar-refractivity contribution is 7.89. The van der Waals surface area contributed by atoms with E-state index in [9.17, 15) is 8.42 Å². The molecule has 1 atom stereocenters. The molecule has 1 aliphatic heterocycles. The molecule has 5 heteroatoms. The number of hydrogen-bond donors (Lipinski definition) is 1. The number of nitrogens with one attached hydrogen (secondary N) is 1. The molecule has 0 aromatic heterocycles. The zero-order valence-corrected chi connectivity index (χ0v) is 14.7. The number of nitrogens with zero attached hydrogens (tertiary/aromatic N) is 1. The van der Waals surface area contributed by atoms with Gasteiger partial charge in [0.2, 0.25) is 10.0 Å². The average Bonchev–Trinajstić information content (AvgIpc) is 2.91. The molecule has 1 N–H and O–H groups in total. The standard InChI is InChI=1S/C16H32N2O2S/c1-13(2)12-21(19,20)18-10-8-16(9-11-18)17-14(3)15-6-4-5-7-15/h13-17H,4-12H2,1-3H3/t14-/m1/s1. The lowest BCUT2D eigenvalue weighted by molar-refractivity contribution is 0.252. The van der Waals surface area contributed by atoms with Crippen molar-refractivity contribution in [3.05, 3.63) is 0 Å². The third-order valence-corrected chi connectivity index (χ3v) is 7.24. The smallest absolute Gasteiger partial charge is 0.214 e. The van der Waals surface area contributed by atoms with Crippen LogP contribution in [0.1, 0.15) is 59.3 Å². The van der Waals surface area contributed by atoms with Crippen LogP contribution < -0.4 is 5.32 Å². The van der Waals surface area contributed by atoms with E-state index >= 15 is 0 Å². The van der Waals surface area contributed by atoms with E-state index in [1.807, 2.05) is 13.8 Å². The third-order valence-electron chi connectivity index (χ3n) is 5.00. The molecule has 124 valence electrons. The lowest BCUT2D eigenvalue weighted by Gasteiger charge is -2.34. The fraction of sp³-hybridized carbons (Fsp3) is 1.00. The molecule has 2 aliphatic rings. The Balaban J connectivity index is 1.77. The molecular weight excluding hydrogens is 284 g/mol. The summed E-state index contributed by atoms with van der Waals surface area (Å²) in [5.74, 6) is 1.31. The maximum atomic E-state index is 12.2. The summed E-state index contributed by atoms with van der Waals surface area (Å²) in [5, 5.41) is 3.75. The molecule has 0 unspecified atom stereocenters. The van der Waals surface area contributed by atoms with E-state index in [0.29, 0.717) is 25.2 Å². The van der Waals surface area contributed by atoms with Crippen LogP contribution in [0.3, 0.4) is 0 Å². The first-order chi connectivity index (χ1) is 9.88. The van der Waals surface area contributed by atoms with E-state index in [1.165, 1.54) is 25.7 Å². The highest BCUT2D eigenvalue weighted by atomic mass is 32.2. The van der Waals surface area contributed by atoms with Gasteiger partial charge in [-0.1, -0.05) is 26.7 Å². The van der Waals surface area contributed by atoms with Crippen LogP contribution in [-0.4, -0.2) is 43.6 Å². The van der Waals surface area contributed by atoms with Gasteiger partial charge >= 0.3 is 0 Å². The predicted octanol–water partition coefficient (Wildman–Crippen LogP) is 2.60. The Labute approximate surface area is 130 Å². The zero-order valence-electron chi connectivity index (χ0n) is 13.8. The van der Waals surface area contributed by atoms with Crippen molar-refractivity contribution in [2.45, 2.75) is 71.4 Å². The second-order valence-corrected chi connectivity index (χ2v) is 9.36. The lowest BCUT2D eigenvalue weighted by atomic mass is 9.97. The molecule has 1 aliphatic carbocycles. The first-order valence-corrected chi connectivity index (χ1v) is 10.2. The number of hydrogen-bond acceptors (Lipinski definition) is 3. The fourth-order valence-electron chi connectivity index (χ4n) is 3.79. The minimum atomic E-state index is -3.04. The molecule has 0 aromatic carbocycles. The van der Waals surface area contributed by atoms with Gasteiger partial charge in [0.25, 0.3) is 0 Å². The van der Waals surface area contributed by atoms with Crippen molar-refractivity contribution >= 4 is 10.0 Å². The van der Waals surface area contributed by atoms with Crippen LogP contribution in [0.2, 0.25) is 0 Å². The van der Waals surface area contributed by atoms with Crippen LogP contribution in [0.25, 0.3) is 0 Å². The van der Waals surface area contributed by atoms with E-state index in [1.54, 1.807) is 4.31 Å². The maximum absolute atomic E-state index is 12.2. The van der Waals surface area contributed by atoms with Crippen molar-refractivity contribution in [2.75, 3.05) is 18.8 Å². The van der Waals surface area contributed by atoms with Gasteiger partial charge < -0.3 is 5.32 Å². The van der Waals surface area contributed by atoms with Gasteiger partial charge in [0.15, 0.2) is 0 Å². The summed E-state index contributed by atoms with van der Waals surface area (Å²) in [4.78, 5) is 0. The molecule has 2 rings (SSSR count). The van der Waals surface area contributed by atoms with E-state index in [4.69, 9.17) is 0 Å². The Hall–Kier alpha value is -0.130. The Morgan fingerprint density at radius 1 is 1.05 bits per heavy atom. The van der Waals surface area contributed by atoms with Crippen molar-refractivity contribution in [3.8, 4) is 0 Å². The van der Waals surface area contributed by atoms with Gasteiger partial charge in [0.05, 0.1) is 5.75 Å². The largest absolute Gasteiger partial charge is 0.311 e. The second-order valence-electron chi connectivity index (χ2n) is 7.35. The third kappa shape index (κ3) is 4.93. The van der Waals surface area contributed by atoms with Crippen molar-refractivity contribution in [1.82, 2.24) is 9.62 Å². The fourth-order valence-corrected chi connectivity index (χ4v) is 5.61. The van der Waals surface area contributed by atoms with E-state index in [0.717, 1.165) is 18.8 Å². The van der Waals surface area contributed by atoms with Gasteiger partial charge in [-0.2, -0.15) is 0 Å². The Morgan fingerprint density at radius 3 is 2.14 bits per heavy atom. The van der Waals surface area contributed by atoms with Crippen molar-refractivity contribution in [3.63, 3.8) is 0 Å². The summed E-state index contributed by atoms with van der Waals surface area (Å²) in [6.45, 7) is 7.61. The van der Waals surface area contributed by atoms with Gasteiger partial charge in [0.1, 0.15) is 0 Å². The first kappa shape index (κ1) is 17.2. The zero-order chi connectivity index (χ0) is 15.5. The summed E-state index contributed by atoms with van der Waals surface area (Å²) in [6.07, 6.45) is 7.37.